The zero-order valence-electron chi connectivity index (χ0n) is 16.7. The maximum absolute atomic E-state index is 12.6. The molecule has 1 saturated heterocycles. The van der Waals surface area contributed by atoms with Crippen LogP contribution in [-0.2, 0) is 10.0 Å². The molecule has 2 amide bonds. The topological polar surface area (TPSA) is 78.5 Å². The zero-order chi connectivity index (χ0) is 19.8. The van der Waals surface area contributed by atoms with E-state index in [9.17, 15) is 13.2 Å². The molecule has 1 heterocycles. The fraction of sp³-hybridized carbons (Fsp3) is 0.650. The van der Waals surface area contributed by atoms with Crippen molar-refractivity contribution >= 4 is 21.7 Å². The quantitative estimate of drug-likeness (QED) is 0.820. The number of benzene rings is 1. The molecule has 0 aromatic heterocycles. The van der Waals surface area contributed by atoms with Crippen LogP contribution in [0.15, 0.2) is 18.2 Å². The van der Waals surface area contributed by atoms with Gasteiger partial charge >= 0.3 is 6.03 Å². The van der Waals surface area contributed by atoms with Crippen molar-refractivity contribution in [3.05, 3.63) is 29.3 Å². The fourth-order valence-corrected chi connectivity index (χ4v) is 5.06. The molecule has 1 aromatic rings. The molecule has 2 unspecified atom stereocenters. The maximum Gasteiger partial charge on any atom is 0.321 e. The number of hydrogen-bond acceptors (Lipinski definition) is 3. The van der Waals surface area contributed by atoms with Gasteiger partial charge in [0.05, 0.1) is 5.25 Å². The van der Waals surface area contributed by atoms with Gasteiger partial charge in [0, 0.05) is 24.8 Å². The second-order valence-electron chi connectivity index (χ2n) is 8.28. The average Bonchev–Trinajstić information content (AvgIpc) is 2.89. The minimum absolute atomic E-state index is 0.0937. The van der Waals surface area contributed by atoms with E-state index in [4.69, 9.17) is 0 Å². The van der Waals surface area contributed by atoms with Gasteiger partial charge in [-0.2, -0.15) is 0 Å². The van der Waals surface area contributed by atoms with Gasteiger partial charge < -0.3 is 10.2 Å². The molecule has 27 heavy (non-hydrogen) atoms. The number of nitrogens with one attached hydrogen (secondary N) is 2. The van der Waals surface area contributed by atoms with Gasteiger partial charge in [-0.1, -0.05) is 19.9 Å². The highest BCUT2D eigenvalue weighted by Gasteiger charge is 2.28. The summed E-state index contributed by atoms with van der Waals surface area (Å²) in [6.07, 6.45) is 2.43. The summed E-state index contributed by atoms with van der Waals surface area (Å²) in [6, 6.07) is 6.01. The predicted octanol–water partition coefficient (Wildman–Crippen LogP) is 3.62. The molecule has 0 radical (unpaired) electrons. The Morgan fingerprint density at radius 2 is 1.74 bits per heavy atom. The minimum Gasteiger partial charge on any atom is -0.324 e. The molecule has 0 saturated carbocycles. The van der Waals surface area contributed by atoms with Crippen molar-refractivity contribution in [3.8, 4) is 0 Å². The number of fused-ring (bicyclic) bond motifs is 1. The molecule has 2 aliphatic rings. The van der Waals surface area contributed by atoms with Crippen molar-refractivity contribution in [2.24, 2.45) is 0 Å². The van der Waals surface area contributed by atoms with Crippen molar-refractivity contribution in [2.45, 2.75) is 70.1 Å². The third-order valence-electron chi connectivity index (χ3n) is 5.84. The number of likely N-dealkylation sites (tertiary alicyclic amines) is 1. The lowest BCUT2D eigenvalue weighted by Crippen LogP contribution is -2.48. The third kappa shape index (κ3) is 4.46. The Hall–Kier alpha value is -1.60. The van der Waals surface area contributed by atoms with Crippen LogP contribution in [0.3, 0.4) is 0 Å². The molecule has 150 valence electrons. The summed E-state index contributed by atoms with van der Waals surface area (Å²) in [6.45, 7) is 8.92. The van der Waals surface area contributed by atoms with E-state index in [1.54, 1.807) is 18.7 Å². The number of anilines is 1. The summed E-state index contributed by atoms with van der Waals surface area (Å²) >= 11 is 0. The van der Waals surface area contributed by atoms with Crippen LogP contribution in [0.4, 0.5) is 10.5 Å². The molecule has 0 bridgehead atoms. The van der Waals surface area contributed by atoms with E-state index in [-0.39, 0.29) is 12.1 Å². The SMILES string of the molecule is CC1CC(C)c2cc(NC(=O)N3CCC(NS(=O)(=O)C(C)C)CC3)ccc21. The van der Waals surface area contributed by atoms with Gasteiger partial charge in [0.15, 0.2) is 0 Å². The second-order valence-corrected chi connectivity index (χ2v) is 10.6. The van der Waals surface area contributed by atoms with Crippen LogP contribution in [0.2, 0.25) is 0 Å². The van der Waals surface area contributed by atoms with Crippen LogP contribution in [0, 0.1) is 0 Å². The molecule has 7 heteroatoms. The van der Waals surface area contributed by atoms with Gasteiger partial charge in [-0.3, -0.25) is 0 Å². The molecule has 3 rings (SSSR count). The Morgan fingerprint density at radius 1 is 1.11 bits per heavy atom. The first kappa shape index (κ1) is 20.1. The van der Waals surface area contributed by atoms with E-state index in [2.05, 4.69) is 36.0 Å². The van der Waals surface area contributed by atoms with Crippen LogP contribution in [0.25, 0.3) is 0 Å². The van der Waals surface area contributed by atoms with E-state index >= 15 is 0 Å². The number of rotatable bonds is 4. The molecule has 2 N–H and O–H groups in total. The second kappa shape index (κ2) is 7.80. The maximum atomic E-state index is 12.6. The Morgan fingerprint density at radius 3 is 2.37 bits per heavy atom. The number of sulfonamides is 1. The van der Waals surface area contributed by atoms with Gasteiger partial charge in [0.1, 0.15) is 0 Å². The number of nitrogens with zero attached hydrogens (tertiary/aromatic N) is 1. The number of carbonyl (C=O) groups is 1. The summed E-state index contributed by atoms with van der Waals surface area (Å²) in [4.78, 5) is 14.4. The number of carbonyl (C=O) groups excluding carboxylic acids is 1. The fourth-order valence-electron chi connectivity index (χ4n) is 4.08. The molecule has 0 spiro atoms. The highest BCUT2D eigenvalue weighted by Crippen LogP contribution is 2.42. The number of piperidine rings is 1. The highest BCUT2D eigenvalue weighted by atomic mass is 32.2. The summed E-state index contributed by atoms with van der Waals surface area (Å²) in [5.41, 5.74) is 3.56. The van der Waals surface area contributed by atoms with Crippen molar-refractivity contribution in [2.75, 3.05) is 18.4 Å². The van der Waals surface area contributed by atoms with Crippen molar-refractivity contribution in [1.29, 1.82) is 0 Å². The van der Waals surface area contributed by atoms with E-state index < -0.39 is 15.3 Å². The first-order valence-corrected chi connectivity index (χ1v) is 11.4. The predicted molar refractivity (Wildman–Crippen MR) is 109 cm³/mol. The standard InChI is InChI=1S/C20H31N3O3S/c1-13(2)27(25,26)22-16-7-9-23(10-8-16)20(24)21-17-5-6-18-14(3)11-15(4)19(18)12-17/h5-6,12-16,22H,7-11H2,1-4H3,(H,21,24). The molecular formula is C20H31N3O3S. The summed E-state index contributed by atoms with van der Waals surface area (Å²) in [5.74, 6) is 1.10. The molecule has 2 atom stereocenters. The molecule has 1 aliphatic carbocycles. The van der Waals surface area contributed by atoms with Crippen LogP contribution in [0.1, 0.15) is 69.9 Å². The number of urea groups is 1. The van der Waals surface area contributed by atoms with Gasteiger partial charge in [0.2, 0.25) is 10.0 Å². The first-order valence-electron chi connectivity index (χ1n) is 9.88. The lowest BCUT2D eigenvalue weighted by Gasteiger charge is -2.32. The van der Waals surface area contributed by atoms with E-state index in [1.807, 2.05) is 6.07 Å². The molecule has 6 nitrogen and oxygen atoms in total. The Bertz CT molecular complexity index is 799. The summed E-state index contributed by atoms with van der Waals surface area (Å²) < 4.78 is 26.7. The van der Waals surface area contributed by atoms with Crippen LogP contribution < -0.4 is 10.0 Å². The number of amides is 2. The van der Waals surface area contributed by atoms with E-state index in [0.717, 1.165) is 12.1 Å². The first-order chi connectivity index (χ1) is 12.7. The van der Waals surface area contributed by atoms with E-state index in [0.29, 0.717) is 37.8 Å². The van der Waals surface area contributed by atoms with Gasteiger partial charge in [-0.05, 0) is 68.2 Å². The molecule has 1 fully saturated rings. The van der Waals surface area contributed by atoms with Gasteiger partial charge in [0.25, 0.3) is 0 Å². The molecular weight excluding hydrogens is 362 g/mol. The summed E-state index contributed by atoms with van der Waals surface area (Å²) in [5, 5.41) is 2.57. The van der Waals surface area contributed by atoms with Gasteiger partial charge in [-0.25, -0.2) is 17.9 Å². The number of hydrogen-bond donors (Lipinski definition) is 2. The highest BCUT2D eigenvalue weighted by molar-refractivity contribution is 7.90. The third-order valence-corrected chi connectivity index (χ3v) is 7.74. The van der Waals surface area contributed by atoms with Gasteiger partial charge in [-0.15, -0.1) is 0 Å². The molecule has 1 aromatic carbocycles. The van der Waals surface area contributed by atoms with Crippen LogP contribution >= 0.6 is 0 Å². The Labute approximate surface area is 162 Å². The Kier molecular flexibility index (Phi) is 5.82. The monoisotopic (exact) mass is 393 g/mol. The van der Waals surface area contributed by atoms with Crippen molar-refractivity contribution in [1.82, 2.24) is 9.62 Å². The van der Waals surface area contributed by atoms with Crippen LogP contribution in [-0.4, -0.2) is 43.7 Å². The van der Waals surface area contributed by atoms with Crippen molar-refractivity contribution < 1.29 is 13.2 Å². The summed E-state index contributed by atoms with van der Waals surface area (Å²) in [7, 11) is -3.27. The normalized spacial score (nSPS) is 23.5. The average molecular weight is 394 g/mol. The lowest BCUT2D eigenvalue weighted by molar-refractivity contribution is 0.193. The molecule has 1 aliphatic heterocycles. The smallest absolute Gasteiger partial charge is 0.321 e. The zero-order valence-corrected chi connectivity index (χ0v) is 17.5. The lowest BCUT2D eigenvalue weighted by atomic mass is 10.0. The van der Waals surface area contributed by atoms with E-state index in [1.165, 1.54) is 11.1 Å². The minimum atomic E-state index is -3.27. The van der Waals surface area contributed by atoms with Crippen LogP contribution in [0.5, 0.6) is 0 Å². The Balaban J connectivity index is 1.56. The largest absolute Gasteiger partial charge is 0.324 e. The van der Waals surface area contributed by atoms with Crippen molar-refractivity contribution in [3.63, 3.8) is 0 Å².